The van der Waals surface area contributed by atoms with E-state index in [9.17, 15) is 9.59 Å². The maximum atomic E-state index is 12.7. The number of benzene rings is 3. The summed E-state index contributed by atoms with van der Waals surface area (Å²) in [4.78, 5) is 25.0. The maximum Gasteiger partial charge on any atom is 0.255 e. The van der Waals surface area contributed by atoms with Crippen molar-refractivity contribution in [2.75, 3.05) is 24.9 Å². The smallest absolute Gasteiger partial charge is 0.255 e. The van der Waals surface area contributed by atoms with Gasteiger partial charge >= 0.3 is 0 Å². The summed E-state index contributed by atoms with van der Waals surface area (Å²) in [6, 6.07) is 18.6. The van der Waals surface area contributed by atoms with E-state index >= 15 is 0 Å². The Labute approximate surface area is 173 Å². The standard InChI is InChI=1S/C22H19ClN2O4/c1-28-19-13-18(20(29-2)12-17(19)23)25-22(27)15-9-6-10-16(11-15)24-21(26)14-7-4-3-5-8-14/h3-13H,1-2H3,(H,24,26)(H,25,27). The topological polar surface area (TPSA) is 76.7 Å². The minimum atomic E-state index is -0.372. The second-order valence-electron chi connectivity index (χ2n) is 6.04. The number of hydrogen-bond acceptors (Lipinski definition) is 4. The molecule has 29 heavy (non-hydrogen) atoms. The molecule has 0 aromatic heterocycles. The van der Waals surface area contributed by atoms with E-state index in [-0.39, 0.29) is 11.8 Å². The molecule has 0 radical (unpaired) electrons. The lowest BCUT2D eigenvalue weighted by Crippen LogP contribution is -2.15. The van der Waals surface area contributed by atoms with Crippen molar-refractivity contribution in [3.8, 4) is 11.5 Å². The first kappa shape index (κ1) is 20.2. The van der Waals surface area contributed by atoms with Crippen LogP contribution in [0.25, 0.3) is 0 Å². The molecule has 0 aliphatic carbocycles. The first-order chi connectivity index (χ1) is 14.0. The van der Waals surface area contributed by atoms with Gasteiger partial charge in [-0.1, -0.05) is 35.9 Å². The minimum Gasteiger partial charge on any atom is -0.495 e. The van der Waals surface area contributed by atoms with E-state index < -0.39 is 0 Å². The van der Waals surface area contributed by atoms with Crippen molar-refractivity contribution in [1.82, 2.24) is 0 Å². The fourth-order valence-corrected chi connectivity index (χ4v) is 2.91. The normalized spacial score (nSPS) is 10.2. The lowest BCUT2D eigenvalue weighted by atomic mass is 10.1. The number of anilines is 2. The lowest BCUT2D eigenvalue weighted by Gasteiger charge is -2.13. The number of ether oxygens (including phenoxy) is 2. The molecule has 2 N–H and O–H groups in total. The first-order valence-electron chi connectivity index (χ1n) is 8.71. The van der Waals surface area contributed by atoms with Crippen molar-refractivity contribution in [3.05, 3.63) is 82.9 Å². The van der Waals surface area contributed by atoms with E-state index in [4.69, 9.17) is 21.1 Å². The van der Waals surface area contributed by atoms with Gasteiger partial charge in [-0.2, -0.15) is 0 Å². The third-order valence-corrected chi connectivity index (χ3v) is 4.44. The molecule has 3 rings (SSSR count). The minimum absolute atomic E-state index is 0.257. The van der Waals surface area contributed by atoms with E-state index in [0.29, 0.717) is 39.0 Å². The molecule has 0 bridgehead atoms. The zero-order chi connectivity index (χ0) is 20.8. The van der Waals surface area contributed by atoms with Crippen LogP contribution in [0.15, 0.2) is 66.7 Å². The summed E-state index contributed by atoms with van der Waals surface area (Å²) in [5, 5.41) is 5.93. The molecule has 148 valence electrons. The van der Waals surface area contributed by atoms with Gasteiger partial charge in [0.05, 0.1) is 24.9 Å². The summed E-state index contributed by atoms with van der Waals surface area (Å²) in [6.45, 7) is 0. The molecule has 0 spiro atoms. The second-order valence-corrected chi connectivity index (χ2v) is 6.45. The number of hydrogen-bond donors (Lipinski definition) is 2. The van der Waals surface area contributed by atoms with Gasteiger partial charge in [-0.25, -0.2) is 0 Å². The molecule has 0 atom stereocenters. The number of nitrogens with one attached hydrogen (secondary N) is 2. The molecular weight excluding hydrogens is 392 g/mol. The zero-order valence-corrected chi connectivity index (χ0v) is 16.6. The third-order valence-electron chi connectivity index (χ3n) is 4.14. The molecule has 6 nitrogen and oxygen atoms in total. The van der Waals surface area contributed by atoms with E-state index in [1.165, 1.54) is 14.2 Å². The third kappa shape index (κ3) is 4.86. The number of rotatable bonds is 6. The Bertz CT molecular complexity index is 1040. The number of amides is 2. The average molecular weight is 411 g/mol. The largest absolute Gasteiger partial charge is 0.495 e. The highest BCUT2D eigenvalue weighted by Crippen LogP contribution is 2.36. The molecule has 0 unspecified atom stereocenters. The van der Waals surface area contributed by atoms with Crippen LogP contribution in [0.1, 0.15) is 20.7 Å². The number of methoxy groups -OCH3 is 2. The van der Waals surface area contributed by atoms with Crippen molar-refractivity contribution < 1.29 is 19.1 Å². The Morgan fingerprint density at radius 1 is 0.759 bits per heavy atom. The molecule has 0 saturated carbocycles. The van der Waals surface area contributed by atoms with Gasteiger partial charge in [-0.3, -0.25) is 9.59 Å². The molecule has 0 fully saturated rings. The lowest BCUT2D eigenvalue weighted by molar-refractivity contribution is 0.101. The van der Waals surface area contributed by atoms with Crippen LogP contribution in [0.5, 0.6) is 11.5 Å². The number of carbonyl (C=O) groups is 2. The predicted molar refractivity (Wildman–Crippen MR) is 113 cm³/mol. The molecule has 0 aliphatic heterocycles. The Kier molecular flexibility index (Phi) is 6.36. The van der Waals surface area contributed by atoms with Crippen LogP contribution in [0.3, 0.4) is 0 Å². The van der Waals surface area contributed by atoms with E-state index in [2.05, 4.69) is 10.6 Å². The first-order valence-corrected chi connectivity index (χ1v) is 9.09. The van der Waals surface area contributed by atoms with E-state index in [1.807, 2.05) is 6.07 Å². The fraction of sp³-hybridized carbons (Fsp3) is 0.0909. The Morgan fingerprint density at radius 3 is 2.10 bits per heavy atom. The van der Waals surface area contributed by atoms with Crippen molar-refractivity contribution in [1.29, 1.82) is 0 Å². The quantitative estimate of drug-likeness (QED) is 0.608. The number of carbonyl (C=O) groups excluding carboxylic acids is 2. The van der Waals surface area contributed by atoms with Crippen LogP contribution in [0.2, 0.25) is 5.02 Å². The summed E-state index contributed by atoms with van der Waals surface area (Å²) < 4.78 is 10.5. The predicted octanol–water partition coefficient (Wildman–Crippen LogP) is 4.86. The summed E-state index contributed by atoms with van der Waals surface area (Å²) in [5.74, 6) is 0.181. The van der Waals surface area contributed by atoms with Crippen LogP contribution in [-0.4, -0.2) is 26.0 Å². The van der Waals surface area contributed by atoms with Gasteiger partial charge in [0.2, 0.25) is 0 Å². The molecule has 0 saturated heterocycles. The maximum absolute atomic E-state index is 12.7. The van der Waals surface area contributed by atoms with Crippen LogP contribution in [0, 0.1) is 0 Å². The molecule has 7 heteroatoms. The number of halogens is 1. The van der Waals surface area contributed by atoms with Gasteiger partial charge in [0, 0.05) is 28.9 Å². The fourth-order valence-electron chi connectivity index (χ4n) is 2.68. The van der Waals surface area contributed by atoms with Gasteiger partial charge in [-0.05, 0) is 30.3 Å². The second kappa shape index (κ2) is 9.12. The summed E-state index contributed by atoms with van der Waals surface area (Å²) in [7, 11) is 2.96. The molecule has 3 aromatic carbocycles. The van der Waals surface area contributed by atoms with Crippen molar-refractivity contribution in [2.24, 2.45) is 0 Å². The average Bonchev–Trinajstić information content (AvgIpc) is 2.75. The van der Waals surface area contributed by atoms with Crippen LogP contribution in [-0.2, 0) is 0 Å². The Hall–Kier alpha value is -3.51. The highest BCUT2D eigenvalue weighted by atomic mass is 35.5. The molecular formula is C22H19ClN2O4. The summed E-state index contributed by atoms with van der Waals surface area (Å²) in [6.07, 6.45) is 0. The molecule has 3 aromatic rings. The van der Waals surface area contributed by atoms with Gasteiger partial charge < -0.3 is 20.1 Å². The van der Waals surface area contributed by atoms with E-state index in [0.717, 1.165) is 0 Å². The van der Waals surface area contributed by atoms with Crippen LogP contribution < -0.4 is 20.1 Å². The Morgan fingerprint density at radius 2 is 1.41 bits per heavy atom. The molecule has 0 aliphatic rings. The van der Waals surface area contributed by atoms with Gasteiger partial charge in [0.1, 0.15) is 11.5 Å². The SMILES string of the molecule is COc1cc(NC(=O)c2cccc(NC(=O)c3ccccc3)c2)c(OC)cc1Cl. The summed E-state index contributed by atoms with van der Waals surface area (Å²) >= 11 is 6.10. The summed E-state index contributed by atoms with van der Waals surface area (Å²) in [5.41, 5.74) is 1.82. The monoisotopic (exact) mass is 410 g/mol. The van der Waals surface area contributed by atoms with Crippen molar-refractivity contribution in [3.63, 3.8) is 0 Å². The highest BCUT2D eigenvalue weighted by Gasteiger charge is 2.14. The van der Waals surface area contributed by atoms with Crippen molar-refractivity contribution >= 4 is 34.8 Å². The van der Waals surface area contributed by atoms with Gasteiger partial charge in [-0.15, -0.1) is 0 Å². The highest BCUT2D eigenvalue weighted by molar-refractivity contribution is 6.32. The zero-order valence-electron chi connectivity index (χ0n) is 15.9. The van der Waals surface area contributed by atoms with E-state index in [1.54, 1.807) is 60.7 Å². The molecule has 0 heterocycles. The van der Waals surface area contributed by atoms with Gasteiger partial charge in [0.15, 0.2) is 0 Å². The van der Waals surface area contributed by atoms with Crippen molar-refractivity contribution in [2.45, 2.75) is 0 Å². The van der Waals surface area contributed by atoms with Gasteiger partial charge in [0.25, 0.3) is 11.8 Å². The Balaban J connectivity index is 1.79. The molecule has 2 amide bonds. The van der Waals surface area contributed by atoms with Crippen LogP contribution in [0.4, 0.5) is 11.4 Å². The van der Waals surface area contributed by atoms with Crippen LogP contribution >= 0.6 is 11.6 Å².